The highest BCUT2D eigenvalue weighted by atomic mass is 127. The Morgan fingerprint density at radius 2 is 2.09 bits per heavy atom. The molecule has 0 saturated carbocycles. The summed E-state index contributed by atoms with van der Waals surface area (Å²) in [4.78, 5) is 0. The van der Waals surface area contributed by atoms with Crippen LogP contribution in [0.5, 0.6) is 0 Å². The number of rotatable bonds is 0. The Morgan fingerprint density at radius 3 is 2.91 bits per heavy atom. The quantitative estimate of drug-likeness (QED) is 0.660. The average Bonchev–Trinajstić information content (AvgIpc) is 2.45. The first-order valence-electron chi connectivity index (χ1n) is 3.41. The molecule has 11 heavy (non-hydrogen) atoms. The molecule has 1 aromatic carbocycles. The summed E-state index contributed by atoms with van der Waals surface area (Å²) in [5.41, 5.74) is 2.28. The van der Waals surface area contributed by atoms with Gasteiger partial charge < -0.3 is 4.42 Å². The highest BCUT2D eigenvalue weighted by Crippen LogP contribution is 2.24. The van der Waals surface area contributed by atoms with Crippen LogP contribution in [0.2, 0.25) is 0 Å². The monoisotopic (exact) mass is 258 g/mol. The van der Waals surface area contributed by atoms with Gasteiger partial charge in [0.2, 0.25) is 0 Å². The Hall–Kier alpha value is -0.510. The zero-order valence-corrected chi connectivity index (χ0v) is 8.25. The maximum atomic E-state index is 5.32. The molecule has 2 heteroatoms. The normalized spacial score (nSPS) is 10.7. The largest absolute Gasteiger partial charge is 0.463 e. The zero-order valence-electron chi connectivity index (χ0n) is 6.10. The number of hydrogen-bond acceptors (Lipinski definition) is 1. The van der Waals surface area contributed by atoms with Gasteiger partial charge in [-0.2, -0.15) is 0 Å². The highest BCUT2D eigenvalue weighted by molar-refractivity contribution is 14.1. The van der Waals surface area contributed by atoms with E-state index in [4.69, 9.17) is 4.42 Å². The van der Waals surface area contributed by atoms with E-state index in [-0.39, 0.29) is 0 Å². The lowest BCUT2D eigenvalue weighted by molar-refractivity contribution is 0.613. The van der Waals surface area contributed by atoms with Gasteiger partial charge in [-0.1, -0.05) is 12.1 Å². The van der Waals surface area contributed by atoms with E-state index in [1.54, 1.807) is 6.26 Å². The van der Waals surface area contributed by atoms with Crippen molar-refractivity contribution in [3.8, 4) is 0 Å². The molecule has 0 N–H and O–H groups in total. The summed E-state index contributed by atoms with van der Waals surface area (Å²) in [6.45, 7) is 2.09. The summed E-state index contributed by atoms with van der Waals surface area (Å²) in [7, 11) is 0. The van der Waals surface area contributed by atoms with Crippen molar-refractivity contribution < 1.29 is 4.42 Å². The van der Waals surface area contributed by atoms with Crippen molar-refractivity contribution >= 4 is 33.6 Å². The third-order valence-electron chi connectivity index (χ3n) is 1.75. The molecule has 0 atom stereocenters. The second kappa shape index (κ2) is 2.52. The molecule has 0 spiro atoms. The molecule has 1 nitrogen and oxygen atoms in total. The first kappa shape index (κ1) is 7.16. The van der Waals surface area contributed by atoms with Crippen molar-refractivity contribution in [3.63, 3.8) is 0 Å². The number of furan rings is 1. The van der Waals surface area contributed by atoms with Crippen LogP contribution in [0, 0.1) is 10.5 Å². The first-order valence-corrected chi connectivity index (χ1v) is 4.49. The van der Waals surface area contributed by atoms with Crippen LogP contribution < -0.4 is 0 Å². The van der Waals surface area contributed by atoms with Crippen molar-refractivity contribution in [1.29, 1.82) is 0 Å². The van der Waals surface area contributed by atoms with Crippen LogP contribution >= 0.6 is 22.6 Å². The molecular weight excluding hydrogens is 251 g/mol. The molecule has 2 rings (SSSR count). The van der Waals surface area contributed by atoms with E-state index < -0.39 is 0 Å². The number of hydrogen-bond donors (Lipinski definition) is 0. The fourth-order valence-corrected chi connectivity index (χ4v) is 1.71. The van der Waals surface area contributed by atoms with Crippen LogP contribution in [0.1, 0.15) is 5.56 Å². The minimum atomic E-state index is 1.01. The molecule has 0 saturated heterocycles. The maximum absolute atomic E-state index is 5.32. The fourth-order valence-electron chi connectivity index (χ4n) is 1.10. The Morgan fingerprint density at radius 1 is 1.27 bits per heavy atom. The van der Waals surface area contributed by atoms with Gasteiger partial charge in [0.15, 0.2) is 0 Å². The molecule has 2 aromatic rings. The smallest absolute Gasteiger partial charge is 0.147 e. The molecule has 0 aliphatic rings. The Bertz CT molecular complexity index is 389. The van der Waals surface area contributed by atoms with Gasteiger partial charge >= 0.3 is 0 Å². The average molecular weight is 258 g/mol. The molecule has 0 amide bonds. The third-order valence-corrected chi connectivity index (χ3v) is 3.09. The van der Waals surface area contributed by atoms with Gasteiger partial charge in [0.25, 0.3) is 0 Å². The minimum absolute atomic E-state index is 1.01. The van der Waals surface area contributed by atoms with Crippen molar-refractivity contribution in [2.24, 2.45) is 0 Å². The van der Waals surface area contributed by atoms with Crippen molar-refractivity contribution in [1.82, 2.24) is 0 Å². The Balaban J connectivity index is 2.93. The minimum Gasteiger partial charge on any atom is -0.463 e. The number of fused-ring (bicyclic) bond motifs is 1. The van der Waals surface area contributed by atoms with E-state index in [1.165, 1.54) is 14.5 Å². The van der Waals surface area contributed by atoms with E-state index in [1.807, 2.05) is 6.07 Å². The lowest BCUT2D eigenvalue weighted by Gasteiger charge is -1.96. The summed E-state index contributed by atoms with van der Waals surface area (Å²) < 4.78 is 6.54. The van der Waals surface area contributed by atoms with E-state index in [0.29, 0.717) is 0 Å². The maximum Gasteiger partial charge on any atom is 0.147 e. The van der Waals surface area contributed by atoms with Gasteiger partial charge in [-0.15, -0.1) is 0 Å². The molecule has 0 unspecified atom stereocenters. The van der Waals surface area contributed by atoms with Crippen LogP contribution in [-0.4, -0.2) is 0 Å². The SMILES string of the molecule is Cc1ccc2ccoc2c1I. The molecule has 0 radical (unpaired) electrons. The molecule has 56 valence electrons. The second-order valence-corrected chi connectivity index (χ2v) is 3.61. The molecule has 0 aliphatic heterocycles. The van der Waals surface area contributed by atoms with Crippen LogP contribution in [0.4, 0.5) is 0 Å². The van der Waals surface area contributed by atoms with Crippen molar-refractivity contribution in [2.75, 3.05) is 0 Å². The molecule has 1 heterocycles. The van der Waals surface area contributed by atoms with Gasteiger partial charge in [-0.3, -0.25) is 0 Å². The number of halogens is 1. The lowest BCUT2D eigenvalue weighted by Crippen LogP contribution is -1.78. The molecule has 0 fully saturated rings. The summed E-state index contributed by atoms with van der Waals surface area (Å²) in [5, 5.41) is 1.18. The Kier molecular flexibility index (Phi) is 1.64. The predicted octanol–water partition coefficient (Wildman–Crippen LogP) is 3.35. The van der Waals surface area contributed by atoms with Crippen molar-refractivity contribution in [3.05, 3.63) is 33.6 Å². The van der Waals surface area contributed by atoms with Gasteiger partial charge in [-0.05, 0) is 41.1 Å². The summed E-state index contributed by atoms with van der Waals surface area (Å²) in [6.07, 6.45) is 1.73. The topological polar surface area (TPSA) is 13.1 Å². The summed E-state index contributed by atoms with van der Waals surface area (Å²) in [5.74, 6) is 0. The molecule has 0 bridgehead atoms. The summed E-state index contributed by atoms with van der Waals surface area (Å²) >= 11 is 2.31. The lowest BCUT2D eigenvalue weighted by atomic mass is 10.2. The molecule has 0 aliphatic carbocycles. The second-order valence-electron chi connectivity index (χ2n) is 2.54. The number of benzene rings is 1. The first-order chi connectivity index (χ1) is 5.29. The van der Waals surface area contributed by atoms with Gasteiger partial charge in [0, 0.05) is 5.39 Å². The van der Waals surface area contributed by atoms with Crippen LogP contribution in [-0.2, 0) is 0 Å². The predicted molar refractivity (Wildman–Crippen MR) is 53.7 cm³/mol. The van der Waals surface area contributed by atoms with Gasteiger partial charge in [0.05, 0.1) is 9.83 Å². The number of aryl methyl sites for hydroxylation is 1. The highest BCUT2D eigenvalue weighted by Gasteiger charge is 2.02. The Labute approximate surface area is 78.5 Å². The molecular formula is C9H7IO. The van der Waals surface area contributed by atoms with Crippen LogP contribution in [0.3, 0.4) is 0 Å². The van der Waals surface area contributed by atoms with E-state index in [2.05, 4.69) is 41.6 Å². The molecule has 1 aromatic heterocycles. The zero-order chi connectivity index (χ0) is 7.84. The van der Waals surface area contributed by atoms with Crippen molar-refractivity contribution in [2.45, 2.75) is 6.92 Å². The van der Waals surface area contributed by atoms with Gasteiger partial charge in [-0.25, -0.2) is 0 Å². The standard InChI is InChI=1S/C9H7IO/c1-6-2-3-7-4-5-11-9(7)8(6)10/h2-5H,1H3. The third kappa shape index (κ3) is 1.05. The fraction of sp³-hybridized carbons (Fsp3) is 0.111. The van der Waals surface area contributed by atoms with E-state index in [0.717, 1.165) is 5.58 Å². The van der Waals surface area contributed by atoms with Crippen LogP contribution in [0.15, 0.2) is 28.9 Å². The van der Waals surface area contributed by atoms with Gasteiger partial charge in [0.1, 0.15) is 5.58 Å². The summed E-state index contributed by atoms with van der Waals surface area (Å²) in [6, 6.07) is 6.17. The van der Waals surface area contributed by atoms with Crippen LogP contribution in [0.25, 0.3) is 11.0 Å². The van der Waals surface area contributed by atoms with E-state index >= 15 is 0 Å². The van der Waals surface area contributed by atoms with E-state index in [9.17, 15) is 0 Å².